The van der Waals surface area contributed by atoms with Crippen molar-refractivity contribution < 1.29 is 26.7 Å². The molecule has 16 heteroatoms. The first kappa shape index (κ1) is 31.9. The molecule has 4 aromatic rings. The summed E-state index contributed by atoms with van der Waals surface area (Å²) in [7, 11) is -3.85. The molecule has 10 nitrogen and oxygen atoms in total. The van der Waals surface area contributed by atoms with Gasteiger partial charge in [0.05, 0.1) is 16.6 Å². The summed E-state index contributed by atoms with van der Waals surface area (Å²) in [6.45, 7) is -2.69. The molecule has 0 spiro atoms. The van der Waals surface area contributed by atoms with Crippen LogP contribution < -0.4 is 4.72 Å². The molecule has 2 fully saturated rings. The van der Waals surface area contributed by atoms with E-state index < -0.39 is 45.3 Å². The number of alkyl halides is 2. The number of sulfonamides is 1. The van der Waals surface area contributed by atoms with Gasteiger partial charge in [-0.1, -0.05) is 23.7 Å². The molecule has 1 aromatic carbocycles. The topological polar surface area (TPSA) is 126 Å². The quantitative estimate of drug-likeness (QED) is 0.243. The van der Waals surface area contributed by atoms with Crippen LogP contribution in [0.3, 0.4) is 0 Å². The Labute approximate surface area is 277 Å². The van der Waals surface area contributed by atoms with Gasteiger partial charge < -0.3 is 10.0 Å². The molecule has 47 heavy (non-hydrogen) atoms. The third kappa shape index (κ3) is 6.10. The van der Waals surface area contributed by atoms with Crippen molar-refractivity contribution in [1.82, 2.24) is 29.4 Å². The maximum Gasteiger partial charge on any atom is 0.333 e. The van der Waals surface area contributed by atoms with Crippen LogP contribution >= 0.6 is 22.9 Å². The van der Waals surface area contributed by atoms with Crippen LogP contribution in [0.2, 0.25) is 5.02 Å². The predicted octanol–water partition coefficient (Wildman–Crippen LogP) is 5.66. The van der Waals surface area contributed by atoms with E-state index in [0.717, 1.165) is 12.3 Å². The van der Waals surface area contributed by atoms with Crippen molar-refractivity contribution in [1.29, 1.82) is 0 Å². The number of benzene rings is 1. The highest BCUT2D eigenvalue weighted by Crippen LogP contribution is 2.46. The van der Waals surface area contributed by atoms with Gasteiger partial charge in [0.2, 0.25) is 10.0 Å². The molecular weight excluding hydrogens is 675 g/mol. The number of halogens is 4. The van der Waals surface area contributed by atoms with Crippen molar-refractivity contribution in [3.8, 4) is 0 Å². The average Bonchev–Trinajstić information content (AvgIpc) is 3.83. The minimum atomic E-state index is -3.85. The van der Waals surface area contributed by atoms with Crippen molar-refractivity contribution in [3.63, 3.8) is 0 Å². The van der Waals surface area contributed by atoms with Crippen LogP contribution in [-0.4, -0.2) is 61.8 Å². The van der Waals surface area contributed by atoms with Crippen LogP contribution in [0.1, 0.15) is 66.7 Å². The van der Waals surface area contributed by atoms with Gasteiger partial charge >= 0.3 is 6.55 Å². The smallest absolute Gasteiger partial charge is 0.333 e. The zero-order valence-electron chi connectivity index (χ0n) is 24.7. The molecular formula is C31H29ClF3N7O3S2. The molecule has 1 saturated carbocycles. The Kier molecular flexibility index (Phi) is 8.45. The van der Waals surface area contributed by atoms with Crippen molar-refractivity contribution in [2.24, 2.45) is 4.99 Å². The molecule has 2 N–H and O–H groups in total. The molecule has 0 radical (unpaired) electrons. The minimum Gasteiger partial charge on any atom is -0.384 e. The van der Waals surface area contributed by atoms with E-state index in [2.05, 4.69) is 19.8 Å². The number of hydrogen-bond donors (Lipinski definition) is 2. The molecule has 0 bridgehead atoms. The lowest BCUT2D eigenvalue weighted by molar-refractivity contribution is -0.00382. The Morgan fingerprint density at radius 2 is 1.91 bits per heavy atom. The van der Waals surface area contributed by atoms with Crippen molar-refractivity contribution in [2.45, 2.75) is 61.6 Å². The van der Waals surface area contributed by atoms with Crippen LogP contribution in [0.15, 0.2) is 77.1 Å². The highest BCUT2D eigenvalue weighted by molar-refractivity contribution is 7.90. The number of fused-ring (bicyclic) bond motifs is 1. The summed E-state index contributed by atoms with van der Waals surface area (Å²) in [6.07, 6.45) is 5.56. The highest BCUT2D eigenvalue weighted by atomic mass is 35.5. The molecule has 246 valence electrons. The van der Waals surface area contributed by atoms with Crippen LogP contribution in [0.4, 0.5) is 13.2 Å². The zero-order chi connectivity index (χ0) is 32.9. The predicted molar refractivity (Wildman–Crippen MR) is 171 cm³/mol. The second kappa shape index (κ2) is 12.4. The Hall–Kier alpha value is -3.63. The summed E-state index contributed by atoms with van der Waals surface area (Å²) < 4.78 is 72.3. The summed E-state index contributed by atoms with van der Waals surface area (Å²) in [5.74, 6) is -0.0924. The van der Waals surface area contributed by atoms with Crippen LogP contribution in [0.25, 0.3) is 5.57 Å². The molecule has 3 aliphatic rings. The van der Waals surface area contributed by atoms with Gasteiger partial charge in [0.15, 0.2) is 10.8 Å². The summed E-state index contributed by atoms with van der Waals surface area (Å²) in [5, 5.41) is 17.0. The normalized spacial score (nSPS) is 24.9. The lowest BCUT2D eigenvalue weighted by atomic mass is 9.82. The lowest BCUT2D eigenvalue weighted by Gasteiger charge is -2.35. The zero-order valence-corrected chi connectivity index (χ0v) is 27.1. The van der Waals surface area contributed by atoms with E-state index >= 15 is 0 Å². The maximum atomic E-state index is 14.1. The fourth-order valence-corrected chi connectivity index (χ4v) is 9.22. The molecule has 3 aromatic heterocycles. The van der Waals surface area contributed by atoms with Gasteiger partial charge in [0.1, 0.15) is 17.5 Å². The Morgan fingerprint density at radius 1 is 1.11 bits per heavy atom. The van der Waals surface area contributed by atoms with E-state index in [0.29, 0.717) is 38.1 Å². The van der Waals surface area contributed by atoms with Crippen LogP contribution in [0.5, 0.6) is 0 Å². The number of nitrogens with zero attached hydrogens (tertiary/aromatic N) is 6. The second-order valence-electron chi connectivity index (χ2n) is 11.8. The molecule has 1 aliphatic carbocycles. The molecule has 5 heterocycles. The number of aliphatic hydroxyl groups is 1. The fourth-order valence-electron chi connectivity index (χ4n) is 6.63. The first-order valence-corrected chi connectivity index (χ1v) is 17.7. The standard InChI is InChI=1S/C31H29ClF3N7O3S2/c32-22-15-18(33)4-5-21(22)27-26(23-8-13-42(39-23)30(34)35)24-16-19(17-41(24)28(38-27)29-37-12-14-46-29)40-47(44,45)20-6-9-31(43,10-7-20)25-3-1-2-11-36-25/h1-5,8,11-15,19-20,27,30,40,43H,6-7,9-10,16-17H2/t19-,20?,27-,31?/m0/s1. The SMILES string of the molecule is O=S(=O)(N[C@H]1CC2=C(c3ccn(C(F)F)n3)[C@H](c3ccc(F)cc3Cl)N=C(c3nccs3)N2C1)C1CCC(O)(c2ccccn2)CC1. The first-order chi connectivity index (χ1) is 22.5. The van der Waals surface area contributed by atoms with Gasteiger partial charge in [-0.3, -0.25) is 9.98 Å². The average molecular weight is 704 g/mol. The highest BCUT2D eigenvalue weighted by Gasteiger charge is 2.45. The number of rotatable bonds is 8. The number of hydrogen-bond acceptors (Lipinski definition) is 9. The summed E-state index contributed by atoms with van der Waals surface area (Å²) >= 11 is 7.87. The number of aliphatic imine (C=N–C) groups is 1. The molecule has 7 rings (SSSR count). The van der Waals surface area contributed by atoms with Crippen LogP contribution in [-0.2, 0) is 15.6 Å². The monoisotopic (exact) mass is 703 g/mol. The van der Waals surface area contributed by atoms with Gasteiger partial charge in [0.25, 0.3) is 0 Å². The largest absolute Gasteiger partial charge is 0.384 e. The lowest BCUT2D eigenvalue weighted by Crippen LogP contribution is -2.46. The number of thiazole rings is 1. The molecule has 1 saturated heterocycles. The Balaban J connectivity index is 1.23. The summed E-state index contributed by atoms with van der Waals surface area (Å²) in [5.41, 5.74) is 1.05. The number of amidine groups is 1. The molecule has 2 atom stereocenters. The third-order valence-electron chi connectivity index (χ3n) is 8.90. The number of nitrogens with one attached hydrogen (secondary N) is 1. The van der Waals surface area contributed by atoms with Gasteiger partial charge in [-0.15, -0.1) is 11.3 Å². The Bertz CT molecular complexity index is 1950. The number of aromatic nitrogens is 4. The van der Waals surface area contributed by atoms with Crippen molar-refractivity contribution in [2.75, 3.05) is 6.54 Å². The van der Waals surface area contributed by atoms with Crippen molar-refractivity contribution in [3.05, 3.63) is 105 Å². The third-order valence-corrected chi connectivity index (χ3v) is 12.0. The van der Waals surface area contributed by atoms with Gasteiger partial charge in [-0.25, -0.2) is 27.2 Å². The summed E-state index contributed by atoms with van der Waals surface area (Å²) in [4.78, 5) is 15.6. The second-order valence-corrected chi connectivity index (χ2v) is 15.1. The van der Waals surface area contributed by atoms with Crippen molar-refractivity contribution >= 4 is 44.4 Å². The van der Waals surface area contributed by atoms with Crippen LogP contribution in [0, 0.1) is 5.82 Å². The van der Waals surface area contributed by atoms with E-state index in [1.807, 2.05) is 4.90 Å². The summed E-state index contributed by atoms with van der Waals surface area (Å²) in [6, 6.07) is 9.17. The molecule has 0 unspecified atom stereocenters. The number of pyridine rings is 1. The van der Waals surface area contributed by atoms with E-state index in [-0.39, 0.29) is 49.4 Å². The van der Waals surface area contributed by atoms with Gasteiger partial charge in [0, 0.05) is 64.8 Å². The van der Waals surface area contributed by atoms with Gasteiger partial charge in [-0.05, 0) is 56.0 Å². The maximum absolute atomic E-state index is 14.1. The molecule has 2 aliphatic heterocycles. The molecule has 0 amide bonds. The first-order valence-electron chi connectivity index (χ1n) is 14.9. The van der Waals surface area contributed by atoms with Gasteiger partial charge in [-0.2, -0.15) is 13.9 Å². The Morgan fingerprint density at radius 3 is 2.57 bits per heavy atom. The van der Waals surface area contributed by atoms with E-state index in [1.54, 1.807) is 36.0 Å². The van der Waals surface area contributed by atoms with E-state index in [9.17, 15) is 26.7 Å². The van der Waals surface area contributed by atoms with E-state index in [1.165, 1.54) is 29.5 Å². The van der Waals surface area contributed by atoms with E-state index in [4.69, 9.17) is 16.6 Å². The minimum absolute atomic E-state index is 0.0929. The fraction of sp³-hybridized carbons (Fsp3) is 0.355.